The molecule has 0 spiro atoms. The van der Waals surface area contributed by atoms with Crippen LogP contribution >= 0.6 is 15.9 Å². The van der Waals surface area contributed by atoms with Crippen molar-refractivity contribution in [1.29, 1.82) is 0 Å². The molecule has 1 saturated heterocycles. The largest absolute Gasteiger partial charge is 0.507 e. The van der Waals surface area contributed by atoms with Crippen LogP contribution in [0.5, 0.6) is 11.5 Å². The maximum absolute atomic E-state index is 12.9. The SMILES string of the molecule is CC(C)Oc1ccc(S(=O)(=O)N2CCN(c3ccc(Br)c(O)c3)CC2)cc1. The fourth-order valence-corrected chi connectivity index (χ4v) is 4.66. The summed E-state index contributed by atoms with van der Waals surface area (Å²) in [6, 6.07) is 11.9. The number of hydrogen-bond donors (Lipinski definition) is 1. The number of halogens is 1. The van der Waals surface area contributed by atoms with Crippen LogP contribution in [0.3, 0.4) is 0 Å². The Kier molecular flexibility index (Phi) is 5.98. The van der Waals surface area contributed by atoms with Gasteiger partial charge in [0.15, 0.2) is 0 Å². The van der Waals surface area contributed by atoms with Crippen molar-refractivity contribution in [2.45, 2.75) is 24.8 Å². The highest BCUT2D eigenvalue weighted by Gasteiger charge is 2.28. The standard InChI is InChI=1S/C19H23BrN2O4S/c1-14(2)26-16-4-6-17(7-5-16)27(24,25)22-11-9-21(10-12-22)15-3-8-18(20)19(23)13-15/h3-8,13-14,23H,9-12H2,1-2H3. The summed E-state index contributed by atoms with van der Waals surface area (Å²) >= 11 is 3.27. The summed E-state index contributed by atoms with van der Waals surface area (Å²) < 4.78 is 33.5. The van der Waals surface area contributed by atoms with Gasteiger partial charge in [0.2, 0.25) is 10.0 Å². The second-order valence-electron chi connectivity index (χ2n) is 6.66. The van der Waals surface area contributed by atoms with Crippen LogP contribution in [0.4, 0.5) is 5.69 Å². The molecule has 3 rings (SSSR count). The number of benzene rings is 2. The minimum absolute atomic E-state index is 0.0404. The van der Waals surface area contributed by atoms with Gasteiger partial charge >= 0.3 is 0 Å². The molecule has 0 radical (unpaired) electrons. The van der Waals surface area contributed by atoms with Gasteiger partial charge in [-0.3, -0.25) is 0 Å². The van der Waals surface area contributed by atoms with Gasteiger partial charge in [0.25, 0.3) is 0 Å². The molecule has 1 N–H and O–H groups in total. The van der Waals surface area contributed by atoms with Gasteiger partial charge in [-0.15, -0.1) is 0 Å². The molecule has 0 atom stereocenters. The molecule has 1 aliphatic rings. The molecular weight excluding hydrogens is 432 g/mol. The summed E-state index contributed by atoms with van der Waals surface area (Å²) in [4.78, 5) is 2.34. The molecule has 27 heavy (non-hydrogen) atoms. The summed E-state index contributed by atoms with van der Waals surface area (Å²) in [5.74, 6) is 0.829. The number of aromatic hydroxyl groups is 1. The molecule has 2 aromatic rings. The molecular formula is C19H23BrN2O4S. The zero-order valence-electron chi connectivity index (χ0n) is 15.3. The maximum Gasteiger partial charge on any atom is 0.243 e. The van der Waals surface area contributed by atoms with Gasteiger partial charge in [-0.1, -0.05) is 0 Å². The number of ether oxygens (including phenoxy) is 1. The number of nitrogens with zero attached hydrogens (tertiary/aromatic N) is 2. The monoisotopic (exact) mass is 454 g/mol. The molecule has 0 aromatic heterocycles. The Labute approximate surface area is 168 Å². The summed E-state index contributed by atoms with van der Waals surface area (Å²) in [6.45, 7) is 5.77. The fourth-order valence-electron chi connectivity index (χ4n) is 3.00. The topological polar surface area (TPSA) is 70.1 Å². The Morgan fingerprint density at radius 3 is 2.22 bits per heavy atom. The van der Waals surface area contributed by atoms with Gasteiger partial charge in [-0.2, -0.15) is 4.31 Å². The highest BCUT2D eigenvalue weighted by molar-refractivity contribution is 9.10. The Hall–Kier alpha value is -1.77. The predicted molar refractivity (Wildman–Crippen MR) is 109 cm³/mol. The number of phenols is 1. The zero-order valence-corrected chi connectivity index (χ0v) is 17.7. The highest BCUT2D eigenvalue weighted by Crippen LogP contribution is 2.30. The highest BCUT2D eigenvalue weighted by atomic mass is 79.9. The van der Waals surface area contributed by atoms with E-state index in [0.29, 0.717) is 36.4 Å². The Bertz CT molecular complexity index is 892. The van der Waals surface area contributed by atoms with Gasteiger partial charge in [0.1, 0.15) is 11.5 Å². The van der Waals surface area contributed by atoms with Crippen LogP contribution in [0.1, 0.15) is 13.8 Å². The van der Waals surface area contributed by atoms with Gasteiger partial charge in [0, 0.05) is 37.9 Å². The Morgan fingerprint density at radius 2 is 1.67 bits per heavy atom. The lowest BCUT2D eigenvalue weighted by molar-refractivity contribution is 0.242. The lowest BCUT2D eigenvalue weighted by Crippen LogP contribution is -2.48. The predicted octanol–water partition coefficient (Wildman–Crippen LogP) is 3.45. The van der Waals surface area contributed by atoms with Gasteiger partial charge in [-0.25, -0.2) is 8.42 Å². The van der Waals surface area contributed by atoms with Crippen molar-refractivity contribution in [3.63, 3.8) is 0 Å². The molecule has 1 aliphatic heterocycles. The Balaban J connectivity index is 1.68. The van der Waals surface area contributed by atoms with Crippen molar-refractivity contribution in [3.05, 3.63) is 46.9 Å². The van der Waals surface area contributed by atoms with Crippen molar-refractivity contribution < 1.29 is 18.3 Å². The lowest BCUT2D eigenvalue weighted by Gasteiger charge is -2.35. The number of phenolic OH excluding ortho intramolecular Hbond substituents is 1. The van der Waals surface area contributed by atoms with Crippen LogP contribution in [0.25, 0.3) is 0 Å². The average molecular weight is 455 g/mol. The van der Waals surface area contributed by atoms with Gasteiger partial charge in [-0.05, 0) is 66.2 Å². The quantitative estimate of drug-likeness (QED) is 0.748. The molecule has 8 heteroatoms. The van der Waals surface area contributed by atoms with E-state index in [1.54, 1.807) is 36.4 Å². The third-order valence-electron chi connectivity index (χ3n) is 4.37. The minimum Gasteiger partial charge on any atom is -0.507 e. The first-order valence-corrected chi connectivity index (χ1v) is 11.0. The fraction of sp³-hybridized carbons (Fsp3) is 0.368. The average Bonchev–Trinajstić information content (AvgIpc) is 2.64. The van der Waals surface area contributed by atoms with E-state index < -0.39 is 10.0 Å². The van der Waals surface area contributed by atoms with Crippen LogP contribution in [-0.4, -0.2) is 50.1 Å². The first-order valence-electron chi connectivity index (χ1n) is 8.78. The second kappa shape index (κ2) is 8.08. The van der Waals surface area contributed by atoms with Crippen molar-refractivity contribution in [3.8, 4) is 11.5 Å². The normalized spacial score (nSPS) is 15.9. The summed E-state index contributed by atoms with van der Waals surface area (Å²) in [5.41, 5.74) is 0.878. The summed E-state index contributed by atoms with van der Waals surface area (Å²) in [7, 11) is -3.53. The molecule has 1 fully saturated rings. The summed E-state index contributed by atoms with van der Waals surface area (Å²) in [5, 5.41) is 9.85. The van der Waals surface area contributed by atoms with E-state index >= 15 is 0 Å². The smallest absolute Gasteiger partial charge is 0.243 e. The van der Waals surface area contributed by atoms with E-state index in [1.807, 2.05) is 19.9 Å². The molecule has 1 heterocycles. The van der Waals surface area contributed by atoms with Gasteiger partial charge < -0.3 is 14.7 Å². The van der Waals surface area contributed by atoms with Crippen molar-refractivity contribution >= 4 is 31.6 Å². The van der Waals surface area contributed by atoms with E-state index in [1.165, 1.54) is 4.31 Å². The van der Waals surface area contributed by atoms with E-state index in [-0.39, 0.29) is 16.7 Å². The van der Waals surface area contributed by atoms with Crippen LogP contribution < -0.4 is 9.64 Å². The molecule has 0 amide bonds. The third-order valence-corrected chi connectivity index (χ3v) is 6.95. The molecule has 0 unspecified atom stereocenters. The van der Waals surface area contributed by atoms with E-state index in [4.69, 9.17) is 4.74 Å². The van der Waals surface area contributed by atoms with Gasteiger partial charge in [0.05, 0.1) is 15.5 Å². The van der Waals surface area contributed by atoms with E-state index in [0.717, 1.165) is 5.69 Å². The van der Waals surface area contributed by atoms with Crippen molar-refractivity contribution in [2.75, 3.05) is 31.1 Å². The van der Waals surface area contributed by atoms with Crippen LogP contribution in [0, 0.1) is 0 Å². The van der Waals surface area contributed by atoms with E-state index in [2.05, 4.69) is 20.8 Å². The molecule has 0 aliphatic carbocycles. The molecule has 0 saturated carbocycles. The second-order valence-corrected chi connectivity index (χ2v) is 9.46. The number of piperazine rings is 1. The minimum atomic E-state index is -3.53. The van der Waals surface area contributed by atoms with Crippen LogP contribution in [0.2, 0.25) is 0 Å². The first-order chi connectivity index (χ1) is 12.8. The van der Waals surface area contributed by atoms with Crippen LogP contribution in [-0.2, 0) is 10.0 Å². The molecule has 6 nitrogen and oxygen atoms in total. The summed E-state index contributed by atoms with van der Waals surface area (Å²) in [6.07, 6.45) is 0.0404. The van der Waals surface area contributed by atoms with Crippen molar-refractivity contribution in [1.82, 2.24) is 4.31 Å². The molecule has 2 aromatic carbocycles. The Morgan fingerprint density at radius 1 is 1.04 bits per heavy atom. The van der Waals surface area contributed by atoms with E-state index in [9.17, 15) is 13.5 Å². The lowest BCUT2D eigenvalue weighted by atomic mass is 10.2. The van der Waals surface area contributed by atoms with Crippen molar-refractivity contribution in [2.24, 2.45) is 0 Å². The van der Waals surface area contributed by atoms with Crippen LogP contribution in [0.15, 0.2) is 51.8 Å². The molecule has 0 bridgehead atoms. The zero-order chi connectivity index (χ0) is 19.6. The third kappa shape index (κ3) is 4.56. The first kappa shape index (κ1) is 20.0. The number of sulfonamides is 1. The molecule has 146 valence electrons. The number of hydrogen-bond acceptors (Lipinski definition) is 5. The maximum atomic E-state index is 12.9. The number of anilines is 1. The number of rotatable bonds is 5.